The molecule has 0 spiro atoms. The Hall–Kier alpha value is -1.99. The highest BCUT2D eigenvalue weighted by Gasteiger charge is 2.34. The van der Waals surface area contributed by atoms with Gasteiger partial charge >= 0.3 is 0 Å². The van der Waals surface area contributed by atoms with E-state index in [2.05, 4.69) is 0 Å². The molecular formula is C18H23NO5S. The number of hydrogen-bond donors (Lipinski definition) is 0. The largest absolute Gasteiger partial charge is 0.494 e. The molecule has 0 bridgehead atoms. The predicted octanol–water partition coefficient (Wildman–Crippen LogP) is 3.56. The number of imide groups is 1. The molecule has 1 aromatic rings. The van der Waals surface area contributed by atoms with E-state index in [9.17, 15) is 9.59 Å². The van der Waals surface area contributed by atoms with Gasteiger partial charge in [0.25, 0.3) is 11.1 Å². The lowest BCUT2D eigenvalue weighted by atomic mass is 10.1. The summed E-state index contributed by atoms with van der Waals surface area (Å²) in [6, 6.07) is 5.44. The van der Waals surface area contributed by atoms with Crippen molar-refractivity contribution in [3.8, 4) is 11.5 Å². The number of benzene rings is 1. The zero-order chi connectivity index (χ0) is 18.2. The van der Waals surface area contributed by atoms with Gasteiger partial charge in [0.05, 0.1) is 18.1 Å². The van der Waals surface area contributed by atoms with E-state index >= 15 is 0 Å². The number of amides is 2. The second kappa shape index (κ2) is 9.48. The Labute approximate surface area is 152 Å². The summed E-state index contributed by atoms with van der Waals surface area (Å²) in [7, 11) is 1.59. The van der Waals surface area contributed by atoms with Gasteiger partial charge in [0.2, 0.25) is 0 Å². The standard InChI is InChI=1S/C18H23NO5S/c1-4-23-14-8-7-13(15(12-14)24-5-2)11-16-17(20)19(18(21)25-16)9-6-10-22-3/h7-8,11-12H,4-6,9-10H2,1-3H3/b16-11+. The van der Waals surface area contributed by atoms with Gasteiger partial charge in [-0.1, -0.05) is 0 Å². The molecule has 7 heteroatoms. The van der Waals surface area contributed by atoms with E-state index < -0.39 is 0 Å². The van der Waals surface area contributed by atoms with Crippen LogP contribution in [-0.2, 0) is 9.53 Å². The van der Waals surface area contributed by atoms with Crippen LogP contribution in [-0.4, -0.2) is 49.5 Å². The van der Waals surface area contributed by atoms with Gasteiger partial charge in [-0.15, -0.1) is 0 Å². The zero-order valence-corrected chi connectivity index (χ0v) is 15.6. The normalized spacial score (nSPS) is 16.0. The molecule has 1 saturated heterocycles. The topological polar surface area (TPSA) is 65.1 Å². The molecule has 0 aromatic heterocycles. The zero-order valence-electron chi connectivity index (χ0n) is 14.7. The van der Waals surface area contributed by atoms with Gasteiger partial charge in [-0.05, 0) is 50.2 Å². The summed E-state index contributed by atoms with van der Waals surface area (Å²) in [5.74, 6) is 1.05. The van der Waals surface area contributed by atoms with Gasteiger partial charge in [-0.2, -0.15) is 0 Å². The Balaban J connectivity index is 2.21. The molecule has 1 aromatic carbocycles. The minimum atomic E-state index is -0.276. The molecule has 1 aliphatic heterocycles. The van der Waals surface area contributed by atoms with E-state index in [4.69, 9.17) is 14.2 Å². The molecule has 1 fully saturated rings. The van der Waals surface area contributed by atoms with Crippen LogP contribution in [0.5, 0.6) is 11.5 Å². The predicted molar refractivity (Wildman–Crippen MR) is 98.0 cm³/mol. The van der Waals surface area contributed by atoms with Crippen LogP contribution in [0.15, 0.2) is 23.1 Å². The first kappa shape index (κ1) is 19.3. The van der Waals surface area contributed by atoms with Crippen LogP contribution >= 0.6 is 11.8 Å². The Bertz CT molecular complexity index is 659. The minimum absolute atomic E-state index is 0.253. The maximum absolute atomic E-state index is 12.5. The van der Waals surface area contributed by atoms with Gasteiger partial charge in [-0.25, -0.2) is 0 Å². The SMILES string of the molecule is CCOc1ccc(/C=C2/SC(=O)N(CCCOC)C2=O)c(OCC)c1. The van der Waals surface area contributed by atoms with E-state index in [1.807, 2.05) is 26.0 Å². The summed E-state index contributed by atoms with van der Waals surface area (Å²) in [5, 5.41) is -0.253. The van der Waals surface area contributed by atoms with Gasteiger partial charge in [-0.3, -0.25) is 14.5 Å². The van der Waals surface area contributed by atoms with Crippen molar-refractivity contribution < 1.29 is 23.8 Å². The molecule has 0 radical (unpaired) electrons. The first-order valence-corrected chi connectivity index (χ1v) is 9.06. The monoisotopic (exact) mass is 365 g/mol. The quantitative estimate of drug-likeness (QED) is 0.492. The molecule has 0 aliphatic carbocycles. The molecule has 6 nitrogen and oxygen atoms in total. The lowest BCUT2D eigenvalue weighted by molar-refractivity contribution is -0.122. The summed E-state index contributed by atoms with van der Waals surface area (Å²) in [6.45, 7) is 5.72. The second-order valence-electron chi connectivity index (χ2n) is 5.25. The Morgan fingerprint density at radius 2 is 1.92 bits per heavy atom. The molecule has 0 N–H and O–H groups in total. The van der Waals surface area contributed by atoms with Crippen molar-refractivity contribution in [3.05, 3.63) is 28.7 Å². The lowest BCUT2D eigenvalue weighted by Crippen LogP contribution is -2.29. The average molecular weight is 365 g/mol. The molecule has 136 valence electrons. The van der Waals surface area contributed by atoms with Crippen molar-refractivity contribution in [2.45, 2.75) is 20.3 Å². The van der Waals surface area contributed by atoms with Crippen LogP contribution in [0.4, 0.5) is 4.79 Å². The number of carbonyl (C=O) groups is 2. The van der Waals surface area contributed by atoms with E-state index in [0.29, 0.717) is 49.2 Å². The van der Waals surface area contributed by atoms with Crippen molar-refractivity contribution in [1.82, 2.24) is 4.90 Å². The third-order valence-corrected chi connectivity index (χ3v) is 4.39. The second-order valence-corrected chi connectivity index (χ2v) is 6.24. The lowest BCUT2D eigenvalue weighted by Gasteiger charge is -2.12. The first-order valence-electron chi connectivity index (χ1n) is 8.24. The summed E-state index contributed by atoms with van der Waals surface area (Å²) in [4.78, 5) is 26.2. The fourth-order valence-corrected chi connectivity index (χ4v) is 3.23. The van der Waals surface area contributed by atoms with E-state index in [0.717, 1.165) is 17.3 Å². The fraction of sp³-hybridized carbons (Fsp3) is 0.444. The highest BCUT2D eigenvalue weighted by atomic mass is 32.2. The number of methoxy groups -OCH3 is 1. The van der Waals surface area contributed by atoms with Gasteiger partial charge < -0.3 is 14.2 Å². The Morgan fingerprint density at radius 3 is 2.60 bits per heavy atom. The summed E-state index contributed by atoms with van der Waals surface area (Å²) in [5.41, 5.74) is 0.743. The average Bonchev–Trinajstić information content (AvgIpc) is 2.85. The van der Waals surface area contributed by atoms with Gasteiger partial charge in [0, 0.05) is 31.9 Å². The number of rotatable bonds is 9. The molecular weight excluding hydrogens is 342 g/mol. The highest BCUT2D eigenvalue weighted by Crippen LogP contribution is 2.35. The van der Waals surface area contributed by atoms with Gasteiger partial charge in [0.15, 0.2) is 0 Å². The number of thioether (sulfide) groups is 1. The molecule has 2 rings (SSSR count). The van der Waals surface area contributed by atoms with Crippen molar-refractivity contribution in [2.75, 3.05) is 33.5 Å². The minimum Gasteiger partial charge on any atom is -0.494 e. The third kappa shape index (κ3) is 4.99. The summed E-state index contributed by atoms with van der Waals surface area (Å²) < 4.78 is 16.1. The van der Waals surface area contributed by atoms with Crippen LogP contribution in [0, 0.1) is 0 Å². The maximum atomic E-state index is 12.5. The Morgan fingerprint density at radius 1 is 1.16 bits per heavy atom. The van der Waals surface area contributed by atoms with E-state index in [1.165, 1.54) is 4.90 Å². The molecule has 25 heavy (non-hydrogen) atoms. The maximum Gasteiger partial charge on any atom is 0.293 e. The van der Waals surface area contributed by atoms with Crippen LogP contribution in [0.1, 0.15) is 25.8 Å². The third-order valence-electron chi connectivity index (χ3n) is 3.49. The molecule has 2 amide bonds. The van der Waals surface area contributed by atoms with E-state index in [-0.39, 0.29) is 11.1 Å². The van der Waals surface area contributed by atoms with Crippen LogP contribution in [0.2, 0.25) is 0 Å². The van der Waals surface area contributed by atoms with Crippen LogP contribution in [0.3, 0.4) is 0 Å². The summed E-state index contributed by atoms with van der Waals surface area (Å²) in [6.07, 6.45) is 2.32. The van der Waals surface area contributed by atoms with Gasteiger partial charge in [0.1, 0.15) is 11.5 Å². The molecule has 0 saturated carbocycles. The van der Waals surface area contributed by atoms with Crippen molar-refractivity contribution in [3.63, 3.8) is 0 Å². The first-order chi connectivity index (χ1) is 12.1. The number of carbonyl (C=O) groups excluding carboxylic acids is 2. The van der Waals surface area contributed by atoms with E-state index in [1.54, 1.807) is 19.3 Å². The van der Waals surface area contributed by atoms with Crippen LogP contribution in [0.25, 0.3) is 6.08 Å². The van der Waals surface area contributed by atoms with Crippen molar-refractivity contribution >= 4 is 29.0 Å². The molecule has 0 atom stereocenters. The highest BCUT2D eigenvalue weighted by molar-refractivity contribution is 8.18. The summed E-state index contributed by atoms with van der Waals surface area (Å²) >= 11 is 0.947. The fourth-order valence-electron chi connectivity index (χ4n) is 2.37. The van der Waals surface area contributed by atoms with Crippen LogP contribution < -0.4 is 9.47 Å². The number of ether oxygens (including phenoxy) is 3. The molecule has 0 unspecified atom stereocenters. The van der Waals surface area contributed by atoms with Crippen molar-refractivity contribution in [1.29, 1.82) is 0 Å². The van der Waals surface area contributed by atoms with Crippen molar-refractivity contribution in [2.24, 2.45) is 0 Å². The smallest absolute Gasteiger partial charge is 0.293 e. The number of hydrogen-bond acceptors (Lipinski definition) is 6. The molecule has 1 heterocycles. The number of nitrogens with zero attached hydrogens (tertiary/aromatic N) is 1. The molecule has 1 aliphatic rings. The Kier molecular flexibility index (Phi) is 7.33.